The average Bonchev–Trinajstić information content (AvgIpc) is 2.75. The van der Waals surface area contributed by atoms with Crippen LogP contribution < -0.4 is 4.74 Å². The SMILES string of the molecule is CCOC(=O)c1cccc(-c2ccccc2)c1CSCCOc1ccccc1. The van der Waals surface area contributed by atoms with Crippen molar-refractivity contribution in [1.82, 2.24) is 0 Å². The van der Waals surface area contributed by atoms with E-state index in [9.17, 15) is 4.79 Å². The Morgan fingerprint density at radius 2 is 1.61 bits per heavy atom. The molecule has 3 nitrogen and oxygen atoms in total. The molecule has 0 amide bonds. The zero-order valence-corrected chi connectivity index (χ0v) is 16.8. The van der Waals surface area contributed by atoms with Crippen molar-refractivity contribution in [1.29, 1.82) is 0 Å². The summed E-state index contributed by atoms with van der Waals surface area (Å²) in [5.41, 5.74) is 3.82. The number of ether oxygens (including phenoxy) is 2. The van der Waals surface area contributed by atoms with Gasteiger partial charge in [-0.1, -0.05) is 60.7 Å². The van der Waals surface area contributed by atoms with Crippen molar-refractivity contribution in [2.45, 2.75) is 12.7 Å². The molecule has 28 heavy (non-hydrogen) atoms. The van der Waals surface area contributed by atoms with E-state index in [1.807, 2.05) is 67.6 Å². The summed E-state index contributed by atoms with van der Waals surface area (Å²) in [6.07, 6.45) is 0. The molecule has 0 aromatic heterocycles. The Kier molecular flexibility index (Phi) is 7.56. The molecule has 0 spiro atoms. The first-order chi connectivity index (χ1) is 13.8. The van der Waals surface area contributed by atoms with Gasteiger partial charge in [0.05, 0.1) is 18.8 Å². The number of esters is 1. The van der Waals surface area contributed by atoms with Crippen molar-refractivity contribution in [2.75, 3.05) is 19.0 Å². The summed E-state index contributed by atoms with van der Waals surface area (Å²) in [4.78, 5) is 12.5. The molecule has 0 saturated heterocycles. The van der Waals surface area contributed by atoms with E-state index in [0.717, 1.165) is 33.9 Å². The van der Waals surface area contributed by atoms with Crippen LogP contribution >= 0.6 is 11.8 Å². The fourth-order valence-electron chi connectivity index (χ4n) is 2.94. The van der Waals surface area contributed by atoms with Crippen LogP contribution in [-0.2, 0) is 10.5 Å². The molecule has 0 aliphatic heterocycles. The highest BCUT2D eigenvalue weighted by Gasteiger charge is 2.16. The molecular formula is C24H24O3S. The van der Waals surface area contributed by atoms with Crippen LogP contribution in [0.5, 0.6) is 5.75 Å². The molecule has 3 aromatic carbocycles. The van der Waals surface area contributed by atoms with E-state index in [-0.39, 0.29) is 5.97 Å². The van der Waals surface area contributed by atoms with Gasteiger partial charge in [-0.05, 0) is 41.8 Å². The Labute approximate surface area is 170 Å². The molecule has 0 saturated carbocycles. The van der Waals surface area contributed by atoms with Crippen molar-refractivity contribution in [2.24, 2.45) is 0 Å². The number of para-hydroxylation sites is 1. The number of carbonyl (C=O) groups excluding carboxylic acids is 1. The smallest absolute Gasteiger partial charge is 0.338 e. The lowest BCUT2D eigenvalue weighted by atomic mass is 9.96. The molecule has 0 N–H and O–H groups in total. The zero-order chi connectivity index (χ0) is 19.6. The fraction of sp³-hybridized carbons (Fsp3) is 0.208. The van der Waals surface area contributed by atoms with E-state index < -0.39 is 0 Å². The van der Waals surface area contributed by atoms with Crippen LogP contribution in [0.2, 0.25) is 0 Å². The summed E-state index contributed by atoms with van der Waals surface area (Å²) < 4.78 is 11.0. The van der Waals surface area contributed by atoms with Crippen LogP contribution in [-0.4, -0.2) is 24.9 Å². The summed E-state index contributed by atoms with van der Waals surface area (Å²) >= 11 is 1.75. The number of hydrogen-bond donors (Lipinski definition) is 0. The van der Waals surface area contributed by atoms with Crippen molar-refractivity contribution >= 4 is 17.7 Å². The molecular weight excluding hydrogens is 368 g/mol. The lowest BCUT2D eigenvalue weighted by molar-refractivity contribution is 0.0525. The normalized spacial score (nSPS) is 10.5. The molecule has 3 rings (SSSR count). The van der Waals surface area contributed by atoms with Gasteiger partial charge < -0.3 is 9.47 Å². The molecule has 0 aliphatic rings. The van der Waals surface area contributed by atoms with E-state index in [0.29, 0.717) is 18.8 Å². The molecule has 0 heterocycles. The Morgan fingerprint density at radius 3 is 2.32 bits per heavy atom. The fourth-order valence-corrected chi connectivity index (χ4v) is 3.80. The van der Waals surface area contributed by atoms with Crippen molar-refractivity contribution < 1.29 is 14.3 Å². The minimum Gasteiger partial charge on any atom is -0.493 e. The number of benzene rings is 3. The van der Waals surface area contributed by atoms with Crippen LogP contribution in [0.3, 0.4) is 0 Å². The summed E-state index contributed by atoms with van der Waals surface area (Å²) in [6.45, 7) is 2.82. The predicted molar refractivity (Wildman–Crippen MR) is 116 cm³/mol. The Bertz CT molecular complexity index is 879. The summed E-state index contributed by atoms with van der Waals surface area (Å²) in [6, 6.07) is 25.8. The predicted octanol–water partition coefficient (Wildman–Crippen LogP) is 5.84. The lowest BCUT2D eigenvalue weighted by Gasteiger charge is -2.14. The zero-order valence-electron chi connectivity index (χ0n) is 16.0. The van der Waals surface area contributed by atoms with Crippen LogP contribution in [0.4, 0.5) is 0 Å². The lowest BCUT2D eigenvalue weighted by Crippen LogP contribution is -2.09. The van der Waals surface area contributed by atoms with Gasteiger partial charge in [-0.2, -0.15) is 11.8 Å². The topological polar surface area (TPSA) is 35.5 Å². The maximum absolute atomic E-state index is 12.5. The second-order valence-corrected chi connectivity index (χ2v) is 7.24. The van der Waals surface area contributed by atoms with Crippen LogP contribution in [0.1, 0.15) is 22.8 Å². The van der Waals surface area contributed by atoms with Gasteiger partial charge in [-0.3, -0.25) is 0 Å². The summed E-state index contributed by atoms with van der Waals surface area (Å²) in [5, 5.41) is 0. The highest BCUT2D eigenvalue weighted by Crippen LogP contribution is 2.30. The van der Waals surface area contributed by atoms with Gasteiger partial charge >= 0.3 is 5.97 Å². The number of thioether (sulfide) groups is 1. The van der Waals surface area contributed by atoms with Gasteiger partial charge in [-0.15, -0.1) is 0 Å². The Morgan fingerprint density at radius 1 is 0.893 bits per heavy atom. The minimum absolute atomic E-state index is 0.267. The second-order valence-electron chi connectivity index (χ2n) is 6.13. The van der Waals surface area contributed by atoms with Gasteiger partial charge in [0.2, 0.25) is 0 Å². The van der Waals surface area contributed by atoms with Crippen molar-refractivity contribution in [3.63, 3.8) is 0 Å². The van der Waals surface area contributed by atoms with Crippen molar-refractivity contribution in [3.05, 3.63) is 90.0 Å². The first-order valence-electron chi connectivity index (χ1n) is 9.39. The van der Waals surface area contributed by atoms with Crippen molar-refractivity contribution in [3.8, 4) is 16.9 Å². The molecule has 4 heteroatoms. The molecule has 3 aromatic rings. The second kappa shape index (κ2) is 10.6. The maximum Gasteiger partial charge on any atom is 0.338 e. The molecule has 0 fully saturated rings. The van der Waals surface area contributed by atoms with E-state index in [1.54, 1.807) is 11.8 Å². The molecule has 0 unspecified atom stereocenters. The number of carbonyl (C=O) groups is 1. The molecule has 0 aliphatic carbocycles. The monoisotopic (exact) mass is 392 g/mol. The molecule has 144 valence electrons. The number of hydrogen-bond acceptors (Lipinski definition) is 4. The average molecular weight is 393 g/mol. The van der Waals surface area contributed by atoms with Crippen LogP contribution in [0.15, 0.2) is 78.9 Å². The van der Waals surface area contributed by atoms with E-state index >= 15 is 0 Å². The standard InChI is InChI=1S/C24H24O3S/c1-2-26-24(25)22-15-9-14-21(19-10-5-3-6-11-19)23(22)18-28-17-16-27-20-12-7-4-8-13-20/h3-15H,2,16-18H2,1H3. The largest absolute Gasteiger partial charge is 0.493 e. The van der Waals surface area contributed by atoms with Gasteiger partial charge in [0.1, 0.15) is 5.75 Å². The Hall–Kier alpha value is -2.72. The highest BCUT2D eigenvalue weighted by molar-refractivity contribution is 7.98. The van der Waals surface area contributed by atoms with Gasteiger partial charge in [0, 0.05) is 11.5 Å². The van der Waals surface area contributed by atoms with Gasteiger partial charge in [-0.25, -0.2) is 4.79 Å². The highest BCUT2D eigenvalue weighted by atomic mass is 32.2. The summed E-state index contributed by atoms with van der Waals surface area (Å²) in [7, 11) is 0. The maximum atomic E-state index is 12.5. The third kappa shape index (κ3) is 5.40. The van der Waals surface area contributed by atoms with Gasteiger partial charge in [0.15, 0.2) is 0 Å². The Balaban J connectivity index is 1.72. The molecule has 0 bridgehead atoms. The van der Waals surface area contributed by atoms with Crippen LogP contribution in [0.25, 0.3) is 11.1 Å². The first kappa shape index (κ1) is 20.0. The van der Waals surface area contributed by atoms with E-state index in [1.165, 1.54) is 0 Å². The van der Waals surface area contributed by atoms with E-state index in [2.05, 4.69) is 18.2 Å². The third-order valence-electron chi connectivity index (χ3n) is 4.24. The number of rotatable bonds is 9. The third-order valence-corrected chi connectivity index (χ3v) is 5.19. The first-order valence-corrected chi connectivity index (χ1v) is 10.5. The van der Waals surface area contributed by atoms with E-state index in [4.69, 9.17) is 9.47 Å². The minimum atomic E-state index is -0.267. The quantitative estimate of drug-likeness (QED) is 0.338. The molecule has 0 radical (unpaired) electrons. The molecule has 0 atom stereocenters. The van der Waals surface area contributed by atoms with Crippen LogP contribution in [0, 0.1) is 0 Å². The van der Waals surface area contributed by atoms with Gasteiger partial charge in [0.25, 0.3) is 0 Å². The summed E-state index contributed by atoms with van der Waals surface area (Å²) in [5.74, 6) is 2.16.